The van der Waals surface area contributed by atoms with Gasteiger partial charge < -0.3 is 10.1 Å². The molecule has 186 valence electrons. The highest BCUT2D eigenvalue weighted by Crippen LogP contribution is 2.40. The summed E-state index contributed by atoms with van der Waals surface area (Å²) in [5, 5.41) is 24.4. The fraction of sp³-hybridized carbons (Fsp3) is 0.115. The van der Waals surface area contributed by atoms with Crippen LogP contribution in [-0.2, 0) is 4.79 Å². The SMILES string of the molecule is CCOc1ccc2nc(Sc3ccc(/C=C(\C#N)C(=O)Nc4ccc(C)c(Cl)c4)cc3[N+](=O)[O-])sc2c1. The first-order valence-electron chi connectivity index (χ1n) is 11.0. The number of hydrogen-bond acceptors (Lipinski definition) is 8. The molecule has 1 aromatic heterocycles. The summed E-state index contributed by atoms with van der Waals surface area (Å²) in [6.07, 6.45) is 1.31. The molecular weight excluding hydrogens is 532 g/mol. The minimum Gasteiger partial charge on any atom is -0.494 e. The maximum atomic E-state index is 12.6. The van der Waals surface area contributed by atoms with Gasteiger partial charge >= 0.3 is 0 Å². The maximum absolute atomic E-state index is 12.6. The second-order valence-corrected chi connectivity index (χ2v) is 10.4. The number of aromatic nitrogens is 1. The molecule has 0 aliphatic carbocycles. The Kier molecular flexibility index (Phi) is 8.08. The minimum absolute atomic E-state index is 0.156. The smallest absolute Gasteiger partial charge is 0.283 e. The van der Waals surface area contributed by atoms with Crippen molar-refractivity contribution in [1.82, 2.24) is 4.98 Å². The van der Waals surface area contributed by atoms with Gasteiger partial charge in [0.1, 0.15) is 17.4 Å². The van der Waals surface area contributed by atoms with Gasteiger partial charge in [-0.2, -0.15) is 5.26 Å². The number of fused-ring (bicyclic) bond motifs is 1. The zero-order valence-corrected chi connectivity index (χ0v) is 22.0. The summed E-state index contributed by atoms with van der Waals surface area (Å²) in [5.41, 5.74) is 2.04. The number of hydrogen-bond donors (Lipinski definition) is 1. The van der Waals surface area contributed by atoms with Gasteiger partial charge in [-0.3, -0.25) is 14.9 Å². The van der Waals surface area contributed by atoms with E-state index in [0.717, 1.165) is 21.5 Å². The van der Waals surface area contributed by atoms with Crippen molar-refractivity contribution >= 4 is 68.3 Å². The minimum atomic E-state index is -0.649. The Balaban J connectivity index is 1.58. The van der Waals surface area contributed by atoms with E-state index < -0.39 is 10.8 Å². The quantitative estimate of drug-likeness (QED) is 0.106. The van der Waals surface area contributed by atoms with E-state index in [1.807, 2.05) is 38.1 Å². The van der Waals surface area contributed by atoms with Crippen LogP contribution in [0.3, 0.4) is 0 Å². The number of ether oxygens (including phenoxy) is 1. The fourth-order valence-electron chi connectivity index (χ4n) is 3.32. The molecule has 37 heavy (non-hydrogen) atoms. The Morgan fingerprint density at radius 2 is 2.08 bits per heavy atom. The molecule has 11 heteroatoms. The largest absolute Gasteiger partial charge is 0.494 e. The lowest BCUT2D eigenvalue weighted by Gasteiger charge is -2.06. The molecule has 0 radical (unpaired) electrons. The standard InChI is InChI=1S/C26H19ClN4O4S2/c1-3-35-19-7-8-21-24(13-19)37-26(30-21)36-23-9-5-16(11-22(23)31(33)34)10-17(14-28)25(32)29-18-6-4-15(2)20(27)12-18/h4-13H,3H2,1-2H3,(H,29,32)/b17-10+. The number of nitrogens with zero attached hydrogens (tertiary/aromatic N) is 3. The number of amides is 1. The Morgan fingerprint density at radius 3 is 2.78 bits per heavy atom. The molecule has 8 nitrogen and oxygen atoms in total. The molecule has 0 spiro atoms. The number of anilines is 1. The van der Waals surface area contributed by atoms with E-state index in [4.69, 9.17) is 16.3 Å². The highest BCUT2D eigenvalue weighted by atomic mass is 35.5. The van der Waals surface area contributed by atoms with Crippen LogP contribution in [0.2, 0.25) is 5.02 Å². The zero-order valence-electron chi connectivity index (χ0n) is 19.6. The number of thiazole rings is 1. The number of benzene rings is 3. The lowest BCUT2D eigenvalue weighted by molar-refractivity contribution is -0.387. The average Bonchev–Trinajstić information content (AvgIpc) is 3.27. The van der Waals surface area contributed by atoms with Crippen LogP contribution in [0.15, 0.2) is 69.4 Å². The molecule has 1 amide bonds. The number of aryl methyl sites for hydroxylation is 1. The van der Waals surface area contributed by atoms with Crippen molar-refractivity contribution in [2.24, 2.45) is 0 Å². The summed E-state index contributed by atoms with van der Waals surface area (Å²) >= 11 is 8.69. The van der Waals surface area contributed by atoms with E-state index in [1.165, 1.54) is 35.2 Å². The molecule has 1 N–H and O–H groups in total. The van der Waals surface area contributed by atoms with E-state index in [2.05, 4.69) is 10.3 Å². The number of carbonyl (C=O) groups excluding carboxylic acids is 1. The first-order valence-corrected chi connectivity index (χ1v) is 13.0. The van der Waals surface area contributed by atoms with Crippen molar-refractivity contribution in [3.05, 3.63) is 86.4 Å². The van der Waals surface area contributed by atoms with Gasteiger partial charge in [0, 0.05) is 16.8 Å². The first-order chi connectivity index (χ1) is 17.8. The summed E-state index contributed by atoms with van der Waals surface area (Å²) in [5.74, 6) is 0.0875. The summed E-state index contributed by atoms with van der Waals surface area (Å²) in [6, 6.07) is 17.0. The van der Waals surface area contributed by atoms with Crippen LogP contribution in [0.5, 0.6) is 5.75 Å². The van der Waals surface area contributed by atoms with Crippen LogP contribution in [0.25, 0.3) is 16.3 Å². The van der Waals surface area contributed by atoms with Crippen molar-refractivity contribution in [3.8, 4) is 11.8 Å². The summed E-state index contributed by atoms with van der Waals surface area (Å²) in [4.78, 5) is 28.9. The Hall–Kier alpha value is -3.91. The van der Waals surface area contributed by atoms with Gasteiger partial charge in [0.15, 0.2) is 4.34 Å². The molecule has 0 saturated carbocycles. The van der Waals surface area contributed by atoms with E-state index in [-0.39, 0.29) is 11.3 Å². The van der Waals surface area contributed by atoms with Gasteiger partial charge in [-0.05, 0) is 67.4 Å². The third-order valence-electron chi connectivity index (χ3n) is 5.13. The van der Waals surface area contributed by atoms with E-state index >= 15 is 0 Å². The van der Waals surface area contributed by atoms with Gasteiger partial charge in [0.05, 0.1) is 26.6 Å². The van der Waals surface area contributed by atoms with Gasteiger partial charge in [-0.1, -0.05) is 35.5 Å². The van der Waals surface area contributed by atoms with E-state index in [1.54, 1.807) is 30.3 Å². The average molecular weight is 551 g/mol. The Morgan fingerprint density at radius 1 is 1.27 bits per heavy atom. The molecule has 0 bridgehead atoms. The lowest BCUT2D eigenvalue weighted by atomic mass is 10.1. The van der Waals surface area contributed by atoms with Gasteiger partial charge in [-0.25, -0.2) is 4.98 Å². The molecule has 3 aromatic carbocycles. The molecule has 1 heterocycles. The predicted octanol–water partition coefficient (Wildman–Crippen LogP) is 7.26. The van der Waals surface area contributed by atoms with Crippen LogP contribution in [0.1, 0.15) is 18.1 Å². The summed E-state index contributed by atoms with van der Waals surface area (Å²) in [6.45, 7) is 4.29. The van der Waals surface area contributed by atoms with Gasteiger partial charge in [-0.15, -0.1) is 11.3 Å². The molecule has 0 saturated heterocycles. The second-order valence-electron chi connectivity index (χ2n) is 7.72. The molecule has 0 fully saturated rings. The van der Waals surface area contributed by atoms with Crippen molar-refractivity contribution in [2.45, 2.75) is 23.1 Å². The zero-order chi connectivity index (χ0) is 26.5. The first kappa shape index (κ1) is 26.2. The summed E-state index contributed by atoms with van der Waals surface area (Å²) < 4.78 is 7.08. The molecule has 4 aromatic rings. The van der Waals surface area contributed by atoms with Crippen molar-refractivity contribution in [2.75, 3.05) is 11.9 Å². The summed E-state index contributed by atoms with van der Waals surface area (Å²) in [7, 11) is 0. The normalized spacial score (nSPS) is 11.2. The number of nitriles is 1. The molecule has 4 rings (SSSR count). The number of rotatable bonds is 8. The lowest BCUT2D eigenvalue weighted by Crippen LogP contribution is -2.13. The predicted molar refractivity (Wildman–Crippen MR) is 146 cm³/mol. The molecular formula is C26H19ClN4O4S2. The topological polar surface area (TPSA) is 118 Å². The fourth-order valence-corrected chi connectivity index (χ4v) is 5.63. The van der Waals surface area contributed by atoms with Gasteiger partial charge in [0.25, 0.3) is 11.6 Å². The third-order valence-corrected chi connectivity index (χ3v) is 7.69. The van der Waals surface area contributed by atoms with Crippen LogP contribution >= 0.6 is 34.7 Å². The number of nitro benzene ring substituents is 1. The number of nitrogens with one attached hydrogen (secondary N) is 1. The maximum Gasteiger partial charge on any atom is 0.283 e. The molecule has 0 unspecified atom stereocenters. The monoisotopic (exact) mass is 550 g/mol. The van der Waals surface area contributed by atoms with Crippen LogP contribution in [-0.4, -0.2) is 22.4 Å². The van der Waals surface area contributed by atoms with Gasteiger partial charge in [0.2, 0.25) is 0 Å². The highest BCUT2D eigenvalue weighted by molar-refractivity contribution is 8.01. The Labute approximate surface area is 225 Å². The van der Waals surface area contributed by atoms with E-state index in [9.17, 15) is 20.2 Å². The number of nitro groups is 1. The van der Waals surface area contributed by atoms with E-state index in [0.29, 0.717) is 32.1 Å². The third kappa shape index (κ3) is 6.27. The van der Waals surface area contributed by atoms with Crippen LogP contribution < -0.4 is 10.1 Å². The highest BCUT2D eigenvalue weighted by Gasteiger charge is 2.19. The van der Waals surface area contributed by atoms with Crippen molar-refractivity contribution in [3.63, 3.8) is 0 Å². The number of carbonyl (C=O) groups is 1. The Bertz CT molecular complexity index is 1590. The van der Waals surface area contributed by atoms with Crippen molar-refractivity contribution in [1.29, 1.82) is 5.26 Å². The van der Waals surface area contributed by atoms with Crippen LogP contribution in [0, 0.1) is 28.4 Å². The van der Waals surface area contributed by atoms with Crippen LogP contribution in [0.4, 0.5) is 11.4 Å². The molecule has 0 aliphatic heterocycles. The molecule has 0 aliphatic rings. The van der Waals surface area contributed by atoms with Crippen molar-refractivity contribution < 1.29 is 14.5 Å². The number of halogens is 1. The second kappa shape index (κ2) is 11.4. The molecule has 0 atom stereocenters.